The van der Waals surface area contributed by atoms with Crippen molar-refractivity contribution in [2.45, 2.75) is 17.4 Å². The number of hydrogen-bond donors (Lipinski definition) is 1. The molecule has 86 valence electrons. The molecule has 1 unspecified atom stereocenters. The molecular formula is C12H13BrClNS. The van der Waals surface area contributed by atoms with Crippen LogP contribution in [0.1, 0.15) is 18.0 Å². The summed E-state index contributed by atoms with van der Waals surface area (Å²) in [6.45, 7) is 4.37. The van der Waals surface area contributed by atoms with E-state index in [-0.39, 0.29) is 0 Å². The molecule has 1 N–H and O–H groups in total. The number of rotatable bonds is 3. The monoisotopic (exact) mass is 317 g/mol. The predicted octanol–water partition coefficient (Wildman–Crippen LogP) is 4.33. The molecule has 1 nitrogen and oxygen atoms in total. The molecule has 1 aromatic rings. The van der Waals surface area contributed by atoms with Crippen LogP contribution in [0.3, 0.4) is 0 Å². The molecule has 2 rings (SSSR count). The molecule has 0 aliphatic carbocycles. The fraction of sp³-hybridized carbons (Fsp3) is 0.333. The third-order valence-electron chi connectivity index (χ3n) is 2.55. The number of benzene rings is 1. The molecule has 0 aromatic heterocycles. The first-order valence-corrected chi connectivity index (χ1v) is 7.31. The average molecular weight is 319 g/mol. The zero-order chi connectivity index (χ0) is 11.5. The molecule has 1 aliphatic rings. The van der Waals surface area contributed by atoms with Crippen LogP contribution in [0.2, 0.25) is 0 Å². The van der Waals surface area contributed by atoms with Crippen LogP contribution in [-0.2, 0) is 0 Å². The summed E-state index contributed by atoms with van der Waals surface area (Å²) in [6.07, 6.45) is 1.14. The van der Waals surface area contributed by atoms with Gasteiger partial charge in [-0.05, 0) is 35.9 Å². The Balaban J connectivity index is 2.18. The maximum atomic E-state index is 5.78. The van der Waals surface area contributed by atoms with Crippen LogP contribution in [0.15, 0.2) is 39.2 Å². The lowest BCUT2D eigenvalue weighted by atomic mass is 10.0. The van der Waals surface area contributed by atoms with Gasteiger partial charge in [0.25, 0.3) is 0 Å². The van der Waals surface area contributed by atoms with Crippen LogP contribution in [0, 0.1) is 0 Å². The van der Waals surface area contributed by atoms with Crippen LogP contribution >= 0.6 is 39.3 Å². The second kappa shape index (κ2) is 5.58. The maximum absolute atomic E-state index is 5.78. The first kappa shape index (κ1) is 12.5. The van der Waals surface area contributed by atoms with Crippen LogP contribution in [0.25, 0.3) is 0 Å². The Morgan fingerprint density at radius 3 is 3.19 bits per heavy atom. The van der Waals surface area contributed by atoms with Gasteiger partial charge in [-0.3, -0.25) is 0 Å². The summed E-state index contributed by atoms with van der Waals surface area (Å²) in [5, 5.41) is 4.10. The van der Waals surface area contributed by atoms with Crippen molar-refractivity contribution < 1.29 is 0 Å². The van der Waals surface area contributed by atoms with Crippen molar-refractivity contribution in [3.8, 4) is 0 Å². The lowest BCUT2D eigenvalue weighted by Gasteiger charge is -2.26. The molecule has 0 radical (unpaired) electrons. The zero-order valence-electron chi connectivity index (χ0n) is 8.80. The molecule has 1 heterocycles. The quantitative estimate of drug-likeness (QED) is 0.890. The van der Waals surface area contributed by atoms with Gasteiger partial charge in [0.1, 0.15) is 0 Å². The highest BCUT2D eigenvalue weighted by Crippen LogP contribution is 2.37. The fourth-order valence-electron chi connectivity index (χ4n) is 1.81. The van der Waals surface area contributed by atoms with Gasteiger partial charge in [0, 0.05) is 27.0 Å². The summed E-state index contributed by atoms with van der Waals surface area (Å²) in [5.74, 6) is 1.15. The minimum Gasteiger partial charge on any atom is -0.305 e. The molecule has 4 heteroatoms. The van der Waals surface area contributed by atoms with E-state index in [1.165, 1.54) is 10.5 Å². The van der Waals surface area contributed by atoms with Crippen molar-refractivity contribution in [2.75, 3.05) is 12.3 Å². The second-order valence-electron chi connectivity index (χ2n) is 3.77. The summed E-state index contributed by atoms with van der Waals surface area (Å²) >= 11 is 11.2. The van der Waals surface area contributed by atoms with Gasteiger partial charge >= 0.3 is 0 Å². The smallest absolute Gasteiger partial charge is 0.0343 e. The van der Waals surface area contributed by atoms with Crippen molar-refractivity contribution in [1.29, 1.82) is 0 Å². The number of hydrogen-bond acceptors (Lipinski definition) is 2. The Labute approximate surface area is 114 Å². The number of thioether (sulfide) groups is 1. The van der Waals surface area contributed by atoms with Gasteiger partial charge in [-0.2, -0.15) is 0 Å². The van der Waals surface area contributed by atoms with Gasteiger partial charge < -0.3 is 5.32 Å². The standard InChI is InChI=1S/C12H13BrClNS/c1-8(14)7-15-11-4-5-16-12-3-2-9(13)6-10(11)12/h2-3,6,11,15H,1,4-5,7H2. The van der Waals surface area contributed by atoms with Gasteiger partial charge in [0.15, 0.2) is 0 Å². The molecule has 0 saturated carbocycles. The van der Waals surface area contributed by atoms with E-state index in [9.17, 15) is 0 Å². The van der Waals surface area contributed by atoms with Crippen molar-refractivity contribution in [1.82, 2.24) is 5.32 Å². The van der Waals surface area contributed by atoms with Crippen LogP contribution in [0.5, 0.6) is 0 Å². The number of nitrogens with one attached hydrogen (secondary N) is 1. The fourth-order valence-corrected chi connectivity index (χ4v) is 3.37. The normalized spacial score (nSPS) is 19.2. The Kier molecular flexibility index (Phi) is 4.36. The SMILES string of the molecule is C=C(Cl)CNC1CCSc2ccc(Br)cc21. The minimum atomic E-state index is 0.393. The van der Waals surface area contributed by atoms with E-state index in [0.29, 0.717) is 17.6 Å². The first-order valence-electron chi connectivity index (χ1n) is 5.16. The molecular weight excluding hydrogens is 306 g/mol. The highest BCUT2D eigenvalue weighted by Gasteiger charge is 2.20. The molecule has 0 fully saturated rings. The largest absolute Gasteiger partial charge is 0.305 e. The Morgan fingerprint density at radius 1 is 1.62 bits per heavy atom. The third-order valence-corrected chi connectivity index (χ3v) is 4.30. The highest BCUT2D eigenvalue weighted by atomic mass is 79.9. The zero-order valence-corrected chi connectivity index (χ0v) is 12.0. The summed E-state index contributed by atoms with van der Waals surface area (Å²) < 4.78 is 1.13. The van der Waals surface area contributed by atoms with Gasteiger partial charge in [0.2, 0.25) is 0 Å². The van der Waals surface area contributed by atoms with Crippen molar-refractivity contribution in [3.63, 3.8) is 0 Å². The number of halogens is 2. The summed E-state index contributed by atoms with van der Waals surface area (Å²) in [5.41, 5.74) is 1.36. The lowest BCUT2D eigenvalue weighted by Crippen LogP contribution is -2.25. The Morgan fingerprint density at radius 2 is 2.44 bits per heavy atom. The number of fused-ring (bicyclic) bond motifs is 1. The first-order chi connectivity index (χ1) is 7.66. The Bertz CT molecular complexity index is 408. The van der Waals surface area contributed by atoms with Crippen LogP contribution in [0.4, 0.5) is 0 Å². The summed E-state index contributed by atoms with van der Waals surface area (Å²) in [4.78, 5) is 1.37. The molecule has 1 aromatic carbocycles. The Hall–Kier alpha value is 0.0400. The second-order valence-corrected chi connectivity index (χ2v) is 6.36. The summed E-state index contributed by atoms with van der Waals surface area (Å²) in [7, 11) is 0. The van der Waals surface area contributed by atoms with E-state index >= 15 is 0 Å². The van der Waals surface area contributed by atoms with Crippen LogP contribution in [-0.4, -0.2) is 12.3 Å². The van der Waals surface area contributed by atoms with E-state index in [1.54, 1.807) is 0 Å². The molecule has 0 bridgehead atoms. The average Bonchev–Trinajstić information content (AvgIpc) is 2.26. The van der Waals surface area contributed by atoms with E-state index < -0.39 is 0 Å². The molecule has 16 heavy (non-hydrogen) atoms. The van der Waals surface area contributed by atoms with E-state index in [1.807, 2.05) is 11.8 Å². The third kappa shape index (κ3) is 3.04. The molecule has 1 atom stereocenters. The highest BCUT2D eigenvalue weighted by molar-refractivity contribution is 9.10. The molecule has 0 amide bonds. The van der Waals surface area contributed by atoms with E-state index in [2.05, 4.69) is 46.0 Å². The van der Waals surface area contributed by atoms with Gasteiger partial charge in [-0.1, -0.05) is 34.1 Å². The van der Waals surface area contributed by atoms with Gasteiger partial charge in [-0.25, -0.2) is 0 Å². The van der Waals surface area contributed by atoms with Crippen molar-refractivity contribution in [3.05, 3.63) is 39.8 Å². The minimum absolute atomic E-state index is 0.393. The summed E-state index contributed by atoms with van der Waals surface area (Å²) in [6, 6.07) is 6.85. The topological polar surface area (TPSA) is 12.0 Å². The molecule has 0 saturated heterocycles. The van der Waals surface area contributed by atoms with Crippen LogP contribution < -0.4 is 5.32 Å². The molecule has 0 spiro atoms. The molecule has 1 aliphatic heterocycles. The predicted molar refractivity (Wildman–Crippen MR) is 75.2 cm³/mol. The van der Waals surface area contributed by atoms with Crippen molar-refractivity contribution >= 4 is 39.3 Å². The van der Waals surface area contributed by atoms with Crippen molar-refractivity contribution in [2.24, 2.45) is 0 Å². The maximum Gasteiger partial charge on any atom is 0.0343 e. The lowest BCUT2D eigenvalue weighted by molar-refractivity contribution is 0.538. The van der Waals surface area contributed by atoms with Gasteiger partial charge in [0.05, 0.1) is 0 Å². The van der Waals surface area contributed by atoms with E-state index in [4.69, 9.17) is 11.6 Å². The van der Waals surface area contributed by atoms with Gasteiger partial charge in [-0.15, -0.1) is 11.8 Å². The van der Waals surface area contributed by atoms with E-state index in [0.717, 1.165) is 16.6 Å².